The lowest BCUT2D eigenvalue weighted by atomic mass is 10.1. The third-order valence-corrected chi connectivity index (χ3v) is 4.27. The molecule has 0 bridgehead atoms. The predicted octanol–water partition coefficient (Wildman–Crippen LogP) is 2.65. The van der Waals surface area contributed by atoms with Gasteiger partial charge in [0.15, 0.2) is 0 Å². The van der Waals surface area contributed by atoms with Gasteiger partial charge < -0.3 is 24.9 Å². The topological polar surface area (TPSA) is 83.6 Å². The maximum Gasteiger partial charge on any atom is 0.268 e. The number of aromatic nitrogens is 1. The number of aliphatic hydroxyl groups excluding tert-OH is 1. The Morgan fingerprint density at radius 1 is 1.12 bits per heavy atom. The minimum Gasteiger partial charge on any atom is -0.497 e. The van der Waals surface area contributed by atoms with Crippen molar-refractivity contribution in [2.24, 2.45) is 0 Å². The van der Waals surface area contributed by atoms with Gasteiger partial charge in [0.05, 0.1) is 14.2 Å². The number of aromatic amines is 1. The Hall–Kier alpha value is -2.99. The summed E-state index contributed by atoms with van der Waals surface area (Å²) in [6, 6.07) is 13.2. The number of para-hydroxylation sites is 1. The zero-order valence-electron chi connectivity index (χ0n) is 14.8. The first-order valence-electron chi connectivity index (χ1n) is 8.37. The molecule has 2 aromatic carbocycles. The number of ether oxygens (including phenoxy) is 2. The van der Waals surface area contributed by atoms with E-state index in [0.717, 1.165) is 22.0 Å². The van der Waals surface area contributed by atoms with Crippen LogP contribution in [-0.4, -0.2) is 36.8 Å². The maximum absolute atomic E-state index is 12.7. The van der Waals surface area contributed by atoms with E-state index < -0.39 is 0 Å². The van der Waals surface area contributed by atoms with Crippen LogP contribution in [0.4, 0.5) is 0 Å². The van der Waals surface area contributed by atoms with E-state index in [1.807, 2.05) is 36.4 Å². The van der Waals surface area contributed by atoms with Gasteiger partial charge in [-0.25, -0.2) is 0 Å². The van der Waals surface area contributed by atoms with Crippen LogP contribution in [0, 0.1) is 0 Å². The molecular weight excluding hydrogens is 332 g/mol. The quantitative estimate of drug-likeness (QED) is 0.609. The van der Waals surface area contributed by atoms with Crippen LogP contribution >= 0.6 is 0 Å². The number of carbonyl (C=O) groups excluding carboxylic acids is 1. The summed E-state index contributed by atoms with van der Waals surface area (Å²) in [5.41, 5.74) is 3.05. The van der Waals surface area contributed by atoms with E-state index in [1.54, 1.807) is 20.3 Å². The highest BCUT2D eigenvalue weighted by atomic mass is 16.5. The van der Waals surface area contributed by atoms with Crippen molar-refractivity contribution in [2.45, 2.75) is 13.0 Å². The zero-order valence-corrected chi connectivity index (χ0v) is 14.8. The van der Waals surface area contributed by atoms with Crippen LogP contribution in [0.2, 0.25) is 0 Å². The minimum absolute atomic E-state index is 0.0186. The van der Waals surface area contributed by atoms with Gasteiger partial charge in [-0.15, -0.1) is 0 Å². The van der Waals surface area contributed by atoms with E-state index in [-0.39, 0.29) is 12.5 Å². The van der Waals surface area contributed by atoms with E-state index in [0.29, 0.717) is 30.2 Å². The second-order valence-electron chi connectivity index (χ2n) is 5.90. The summed E-state index contributed by atoms with van der Waals surface area (Å²) in [6.07, 6.45) is 0.416. The van der Waals surface area contributed by atoms with Gasteiger partial charge in [-0.2, -0.15) is 0 Å². The lowest BCUT2D eigenvalue weighted by Gasteiger charge is -2.10. The molecule has 0 fully saturated rings. The van der Waals surface area contributed by atoms with Crippen molar-refractivity contribution in [3.8, 4) is 11.5 Å². The largest absolute Gasteiger partial charge is 0.497 e. The molecule has 0 radical (unpaired) electrons. The first-order chi connectivity index (χ1) is 12.7. The van der Waals surface area contributed by atoms with Gasteiger partial charge >= 0.3 is 0 Å². The Morgan fingerprint density at radius 3 is 2.46 bits per heavy atom. The van der Waals surface area contributed by atoms with Gasteiger partial charge in [-0.3, -0.25) is 4.79 Å². The van der Waals surface area contributed by atoms with E-state index in [9.17, 15) is 9.90 Å². The SMILES string of the molecule is COc1cc(CNC(=O)c2[nH]c3ccccc3c2CCO)cc(OC)c1. The van der Waals surface area contributed by atoms with Crippen molar-refractivity contribution in [2.75, 3.05) is 20.8 Å². The van der Waals surface area contributed by atoms with Crippen molar-refractivity contribution in [3.63, 3.8) is 0 Å². The number of hydrogen-bond acceptors (Lipinski definition) is 4. The molecule has 1 heterocycles. The molecule has 136 valence electrons. The molecule has 26 heavy (non-hydrogen) atoms. The van der Waals surface area contributed by atoms with Crippen LogP contribution in [0.5, 0.6) is 11.5 Å². The van der Waals surface area contributed by atoms with Crippen LogP contribution in [0.3, 0.4) is 0 Å². The molecule has 0 aliphatic heterocycles. The Bertz CT molecular complexity index is 895. The van der Waals surface area contributed by atoms with E-state index in [1.165, 1.54) is 0 Å². The maximum atomic E-state index is 12.7. The summed E-state index contributed by atoms with van der Waals surface area (Å²) in [7, 11) is 3.17. The molecule has 0 atom stereocenters. The number of nitrogens with one attached hydrogen (secondary N) is 2. The number of amides is 1. The van der Waals surface area contributed by atoms with Gasteiger partial charge in [0, 0.05) is 30.1 Å². The van der Waals surface area contributed by atoms with Crippen LogP contribution in [0.15, 0.2) is 42.5 Å². The fourth-order valence-electron chi connectivity index (χ4n) is 3.00. The molecule has 0 aliphatic rings. The molecule has 3 N–H and O–H groups in total. The predicted molar refractivity (Wildman–Crippen MR) is 99.8 cm³/mol. The molecule has 0 saturated carbocycles. The fraction of sp³-hybridized carbons (Fsp3) is 0.250. The standard InChI is InChI=1S/C20H22N2O4/c1-25-14-9-13(10-15(11-14)26-2)12-21-20(24)19-17(7-8-23)16-5-3-4-6-18(16)22-19/h3-6,9-11,22-23H,7-8,12H2,1-2H3,(H,21,24). The van der Waals surface area contributed by atoms with Crippen LogP contribution in [0.1, 0.15) is 21.6 Å². The highest BCUT2D eigenvalue weighted by Gasteiger charge is 2.17. The van der Waals surface area contributed by atoms with Crippen LogP contribution in [0.25, 0.3) is 10.9 Å². The molecule has 3 aromatic rings. The minimum atomic E-state index is -0.216. The Morgan fingerprint density at radius 2 is 1.81 bits per heavy atom. The first-order valence-corrected chi connectivity index (χ1v) is 8.37. The molecule has 1 amide bonds. The number of rotatable bonds is 7. The van der Waals surface area contributed by atoms with Gasteiger partial charge in [0.2, 0.25) is 0 Å². The van der Waals surface area contributed by atoms with Crippen molar-refractivity contribution >= 4 is 16.8 Å². The molecular formula is C20H22N2O4. The summed E-state index contributed by atoms with van der Waals surface area (Å²) in [5.74, 6) is 1.12. The van der Waals surface area contributed by atoms with Crippen molar-refractivity contribution in [3.05, 3.63) is 59.3 Å². The number of carbonyl (C=O) groups is 1. The highest BCUT2D eigenvalue weighted by molar-refractivity contribution is 6.01. The third kappa shape index (κ3) is 3.65. The number of fused-ring (bicyclic) bond motifs is 1. The molecule has 6 heteroatoms. The molecule has 1 aromatic heterocycles. The summed E-state index contributed by atoms with van der Waals surface area (Å²) in [6.45, 7) is 0.315. The highest BCUT2D eigenvalue weighted by Crippen LogP contribution is 2.24. The number of aliphatic hydroxyl groups is 1. The second kappa shape index (κ2) is 7.93. The lowest BCUT2D eigenvalue weighted by molar-refractivity contribution is 0.0945. The molecule has 0 aliphatic carbocycles. The Labute approximate surface area is 151 Å². The smallest absolute Gasteiger partial charge is 0.268 e. The monoisotopic (exact) mass is 354 g/mol. The van der Waals surface area contributed by atoms with Crippen LogP contribution in [-0.2, 0) is 13.0 Å². The average Bonchev–Trinajstić information content (AvgIpc) is 3.05. The summed E-state index contributed by atoms with van der Waals surface area (Å²) in [4.78, 5) is 15.9. The average molecular weight is 354 g/mol. The van der Waals surface area contributed by atoms with Gasteiger partial charge in [0.1, 0.15) is 17.2 Å². The lowest BCUT2D eigenvalue weighted by Crippen LogP contribution is -2.24. The fourth-order valence-corrected chi connectivity index (χ4v) is 3.00. The molecule has 0 spiro atoms. The normalized spacial score (nSPS) is 10.7. The summed E-state index contributed by atoms with van der Waals surface area (Å²) >= 11 is 0. The van der Waals surface area contributed by atoms with Crippen molar-refractivity contribution in [1.29, 1.82) is 0 Å². The van der Waals surface area contributed by atoms with E-state index in [2.05, 4.69) is 10.3 Å². The number of methoxy groups -OCH3 is 2. The summed E-state index contributed by atoms with van der Waals surface area (Å²) in [5, 5.41) is 13.2. The van der Waals surface area contributed by atoms with Crippen molar-refractivity contribution < 1.29 is 19.4 Å². The number of benzene rings is 2. The molecule has 3 rings (SSSR count). The number of hydrogen-bond donors (Lipinski definition) is 3. The van der Waals surface area contributed by atoms with Gasteiger partial charge in [-0.1, -0.05) is 18.2 Å². The molecule has 0 saturated heterocycles. The molecule has 0 unspecified atom stereocenters. The Balaban J connectivity index is 1.82. The third-order valence-electron chi connectivity index (χ3n) is 4.27. The summed E-state index contributed by atoms with van der Waals surface area (Å²) < 4.78 is 10.5. The van der Waals surface area contributed by atoms with Crippen molar-refractivity contribution in [1.82, 2.24) is 10.3 Å². The Kier molecular flexibility index (Phi) is 5.43. The van der Waals surface area contributed by atoms with E-state index in [4.69, 9.17) is 9.47 Å². The van der Waals surface area contributed by atoms with E-state index >= 15 is 0 Å². The second-order valence-corrected chi connectivity index (χ2v) is 5.90. The molecule has 6 nitrogen and oxygen atoms in total. The van der Waals surface area contributed by atoms with Crippen LogP contribution < -0.4 is 14.8 Å². The zero-order chi connectivity index (χ0) is 18.5. The van der Waals surface area contributed by atoms with Gasteiger partial charge in [0.25, 0.3) is 5.91 Å². The first kappa shape index (κ1) is 17.8. The van der Waals surface area contributed by atoms with Gasteiger partial charge in [-0.05, 0) is 35.7 Å². The number of H-pyrrole nitrogens is 1.